The van der Waals surface area contributed by atoms with Gasteiger partial charge in [-0.25, -0.2) is 29.0 Å². The average molecular weight is 513 g/mol. The zero-order chi connectivity index (χ0) is 25.6. The van der Waals surface area contributed by atoms with Crippen molar-refractivity contribution in [3.05, 3.63) is 33.7 Å². The average Bonchev–Trinajstić information content (AvgIpc) is 3.34. The number of pyridine rings is 1. The van der Waals surface area contributed by atoms with E-state index < -0.39 is 49.9 Å². The Morgan fingerprint density at radius 2 is 1.35 bits per heavy atom. The van der Waals surface area contributed by atoms with Gasteiger partial charge in [-0.3, -0.25) is 0 Å². The van der Waals surface area contributed by atoms with Gasteiger partial charge in [0.15, 0.2) is 10.4 Å². The summed E-state index contributed by atoms with van der Waals surface area (Å²) in [7, 11) is 5.38. The van der Waals surface area contributed by atoms with Gasteiger partial charge in [-0.1, -0.05) is 0 Å². The zero-order valence-electron chi connectivity index (χ0n) is 18.9. The highest BCUT2D eigenvalue weighted by Crippen LogP contribution is 2.75. The molecule has 34 heavy (non-hydrogen) atoms. The molecule has 3 heterocycles. The van der Waals surface area contributed by atoms with Crippen molar-refractivity contribution in [2.24, 2.45) is 0 Å². The van der Waals surface area contributed by atoms with Crippen molar-refractivity contribution >= 4 is 59.1 Å². The first-order chi connectivity index (χ1) is 16.1. The summed E-state index contributed by atoms with van der Waals surface area (Å²) in [6.45, 7) is 0. The van der Waals surface area contributed by atoms with Crippen molar-refractivity contribution < 1.29 is 47.7 Å². The number of ether oxygens (including phenoxy) is 5. The third kappa shape index (κ3) is 3.01. The maximum absolute atomic E-state index is 13.3. The Balaban J connectivity index is 2.62. The van der Waals surface area contributed by atoms with Gasteiger partial charge in [0, 0.05) is 5.56 Å². The van der Waals surface area contributed by atoms with Crippen LogP contribution in [-0.4, -0.2) is 76.6 Å². The molecule has 0 saturated carbocycles. The third-order valence-electron chi connectivity index (χ3n) is 5.43. The number of carbonyl (C=O) groups is 5. The van der Waals surface area contributed by atoms with Crippen LogP contribution in [0.3, 0.4) is 0 Å². The summed E-state index contributed by atoms with van der Waals surface area (Å²) in [6, 6.07) is 0. The zero-order valence-corrected chi connectivity index (χ0v) is 20.6. The number of rotatable bonds is 6. The van der Waals surface area contributed by atoms with Crippen LogP contribution in [0.25, 0.3) is 0 Å². The number of esters is 5. The van der Waals surface area contributed by atoms with E-state index in [4.69, 9.17) is 29.4 Å². The fourth-order valence-corrected chi connectivity index (χ4v) is 7.30. The van der Waals surface area contributed by atoms with Gasteiger partial charge >= 0.3 is 29.8 Å². The van der Waals surface area contributed by atoms with Gasteiger partial charge in [0.1, 0.15) is 9.64 Å². The largest absolute Gasteiger partial charge is 0.467 e. The molecule has 0 unspecified atom stereocenters. The van der Waals surface area contributed by atoms with E-state index in [0.29, 0.717) is 0 Å². The number of hydrogen-bond acceptors (Lipinski definition) is 14. The maximum atomic E-state index is 13.3. The molecule has 0 fully saturated rings. The number of fused-ring (bicyclic) bond motifs is 5. The van der Waals surface area contributed by atoms with Gasteiger partial charge in [-0.2, -0.15) is 0 Å². The van der Waals surface area contributed by atoms with Crippen LogP contribution in [0.15, 0.2) is 11.1 Å². The van der Waals surface area contributed by atoms with Gasteiger partial charge in [0.05, 0.1) is 58.1 Å². The maximum Gasteiger partial charge on any atom is 0.357 e. The number of methoxy groups -OCH3 is 5. The van der Waals surface area contributed by atoms with E-state index in [2.05, 4.69) is 4.98 Å². The second-order valence-corrected chi connectivity index (χ2v) is 9.49. The Labute approximate surface area is 201 Å². The van der Waals surface area contributed by atoms with E-state index in [1.54, 1.807) is 6.26 Å². The Morgan fingerprint density at radius 3 is 1.82 bits per heavy atom. The first-order valence-electron chi connectivity index (χ1n) is 9.34. The number of carbonyl (C=O) groups excluding carboxylic acids is 5. The number of anilines is 1. The van der Waals surface area contributed by atoms with Crippen LogP contribution in [0, 0.1) is 0 Å². The first-order valence-corrected chi connectivity index (χ1v) is 11.4. The Hall–Kier alpha value is -3.26. The number of aromatic nitrogens is 1. The summed E-state index contributed by atoms with van der Waals surface area (Å²) >= 11 is 1.86. The molecule has 2 N–H and O–H groups in total. The molecule has 0 aromatic carbocycles. The van der Waals surface area contributed by atoms with Crippen molar-refractivity contribution in [1.29, 1.82) is 0 Å². The Morgan fingerprint density at radius 1 is 0.824 bits per heavy atom. The van der Waals surface area contributed by atoms with Gasteiger partial charge in [-0.05, 0) is 6.26 Å². The molecular weight excluding hydrogens is 492 g/mol. The minimum atomic E-state index is -2.06. The van der Waals surface area contributed by atoms with Gasteiger partial charge in [-0.15, -0.1) is 23.5 Å². The first kappa shape index (κ1) is 25.4. The second kappa shape index (κ2) is 8.83. The van der Waals surface area contributed by atoms with Crippen LogP contribution in [0.5, 0.6) is 0 Å². The molecule has 2 bridgehead atoms. The van der Waals surface area contributed by atoms with E-state index in [-0.39, 0.29) is 28.1 Å². The highest BCUT2D eigenvalue weighted by molar-refractivity contribution is 8.19. The third-order valence-corrected chi connectivity index (χ3v) is 8.73. The molecule has 0 saturated heterocycles. The summed E-state index contributed by atoms with van der Waals surface area (Å²) in [5, 5.41) is 0. The van der Waals surface area contributed by atoms with Crippen molar-refractivity contribution in [3.8, 4) is 0 Å². The van der Waals surface area contributed by atoms with Crippen molar-refractivity contribution in [1.82, 2.24) is 4.98 Å². The molecule has 0 spiro atoms. The number of nitrogen functional groups attached to an aromatic ring is 1. The summed E-state index contributed by atoms with van der Waals surface area (Å²) in [6.07, 6.45) is 1.60. The molecule has 182 valence electrons. The minimum Gasteiger partial charge on any atom is -0.467 e. The highest BCUT2D eigenvalue weighted by atomic mass is 32.2. The topological polar surface area (TPSA) is 170 Å². The summed E-state index contributed by atoms with van der Waals surface area (Å²) in [4.78, 5) is 68.7. The van der Waals surface area contributed by atoms with E-state index in [1.807, 2.05) is 0 Å². The number of nitrogens with zero attached hydrogens (tertiary/aromatic N) is 1. The summed E-state index contributed by atoms with van der Waals surface area (Å²) in [5.74, 6) is -4.98. The van der Waals surface area contributed by atoms with Crippen LogP contribution >= 0.6 is 23.5 Å². The van der Waals surface area contributed by atoms with Crippen molar-refractivity contribution in [2.45, 2.75) is 8.83 Å². The minimum absolute atomic E-state index is 0.0523. The smallest absolute Gasteiger partial charge is 0.357 e. The lowest BCUT2D eigenvalue weighted by Crippen LogP contribution is -2.41. The lowest BCUT2D eigenvalue weighted by molar-refractivity contribution is -0.146. The SMILES string of the molecule is COC(=O)C1=C(C(=O)OC)[C@]2(C(=O)OC)S[C@@]1(SC)c1c2nc(C(=O)OC)c(C(=O)OC)c1N. The van der Waals surface area contributed by atoms with Crippen molar-refractivity contribution in [2.75, 3.05) is 47.5 Å². The standard InChI is InChI=1S/C20H20N2O10S2/c1-28-14(23)7-11(21)10-13(22-12(7)17(26)31-4)19(18(27)32-5)8(15(24)29-2)9(16(25)30-3)20(10,33-6)34-19/h1-6H3,(H2,21,22)/t19-,20+/m0/s1. The normalized spacial score (nSPS) is 22.1. The highest BCUT2D eigenvalue weighted by Gasteiger charge is 2.73. The molecule has 0 radical (unpaired) electrons. The van der Waals surface area contributed by atoms with Crippen LogP contribution in [-0.2, 0) is 46.9 Å². The Bertz CT molecular complexity index is 1180. The number of hydrogen-bond donors (Lipinski definition) is 1. The molecule has 14 heteroatoms. The van der Waals surface area contributed by atoms with Crippen LogP contribution < -0.4 is 5.73 Å². The molecule has 1 aromatic heterocycles. The second-order valence-electron chi connectivity index (χ2n) is 6.78. The predicted molar refractivity (Wildman–Crippen MR) is 119 cm³/mol. The van der Waals surface area contributed by atoms with E-state index in [1.165, 1.54) is 0 Å². The number of nitrogens with two attached hydrogens (primary N) is 1. The van der Waals surface area contributed by atoms with Gasteiger partial charge < -0.3 is 29.4 Å². The predicted octanol–water partition coefficient (Wildman–Crippen LogP) is 0.524. The molecule has 2 aliphatic rings. The molecule has 2 atom stereocenters. The molecule has 12 nitrogen and oxygen atoms in total. The van der Waals surface area contributed by atoms with Gasteiger partial charge in [0.25, 0.3) is 0 Å². The fourth-order valence-electron chi connectivity index (χ4n) is 4.06. The lowest BCUT2D eigenvalue weighted by Gasteiger charge is -2.31. The monoisotopic (exact) mass is 512 g/mol. The number of thioether (sulfide) groups is 2. The fraction of sp³-hybridized carbons (Fsp3) is 0.400. The van der Waals surface area contributed by atoms with Gasteiger partial charge in [0.2, 0.25) is 0 Å². The molecule has 2 aliphatic heterocycles. The lowest BCUT2D eigenvalue weighted by atomic mass is 9.78. The van der Waals surface area contributed by atoms with E-state index in [0.717, 1.165) is 59.1 Å². The summed E-state index contributed by atoms with van der Waals surface area (Å²) in [5.41, 5.74) is 4.43. The van der Waals surface area contributed by atoms with Crippen LogP contribution in [0.4, 0.5) is 5.69 Å². The van der Waals surface area contributed by atoms with E-state index >= 15 is 0 Å². The molecule has 1 aromatic rings. The van der Waals surface area contributed by atoms with Crippen LogP contribution in [0.1, 0.15) is 32.1 Å². The van der Waals surface area contributed by atoms with E-state index in [9.17, 15) is 24.0 Å². The molecule has 0 amide bonds. The van der Waals surface area contributed by atoms with Crippen molar-refractivity contribution in [3.63, 3.8) is 0 Å². The molecular formula is C20H20N2O10S2. The molecule has 3 rings (SSSR count). The van der Waals surface area contributed by atoms with Crippen LogP contribution in [0.2, 0.25) is 0 Å². The summed E-state index contributed by atoms with van der Waals surface area (Å²) < 4.78 is 20.7. The quantitative estimate of drug-likeness (QED) is 0.413. The Kier molecular flexibility index (Phi) is 6.59. The molecule has 0 aliphatic carbocycles.